The van der Waals surface area contributed by atoms with E-state index in [1.54, 1.807) is 6.20 Å². The molecule has 0 radical (unpaired) electrons. The van der Waals surface area contributed by atoms with Crippen LogP contribution < -0.4 is 10.2 Å². The molecule has 0 bridgehead atoms. The van der Waals surface area contributed by atoms with Gasteiger partial charge in [-0.25, -0.2) is 4.98 Å². The van der Waals surface area contributed by atoms with Crippen LogP contribution in [0.5, 0.6) is 0 Å². The fraction of sp³-hybridized carbons (Fsp3) is 0.381. The number of carbonyl (C=O) groups is 1. The molecule has 0 saturated carbocycles. The molecule has 28 heavy (non-hydrogen) atoms. The standard InChI is InChI=1S/C21H25N5O2/c1-15(12-16-4-3-7-22-14-16)23-20(27)17-5-6-19-18(13-17)24-21(25(19)2)26-8-10-28-11-9-26/h3-7,13-15H,8-12H2,1-2H3,(H,23,27)/t15-/m1/s1. The molecule has 1 atom stereocenters. The number of rotatable bonds is 5. The number of hydrogen-bond acceptors (Lipinski definition) is 5. The SMILES string of the molecule is C[C@H](Cc1cccnc1)NC(=O)c1ccc2c(c1)nc(N1CCOCC1)n2C. The van der Waals surface area contributed by atoms with E-state index in [1.807, 2.05) is 50.5 Å². The first-order chi connectivity index (χ1) is 13.6. The Morgan fingerprint density at radius 1 is 1.29 bits per heavy atom. The van der Waals surface area contributed by atoms with Crippen LogP contribution in [-0.2, 0) is 18.2 Å². The highest BCUT2D eigenvalue weighted by atomic mass is 16.5. The van der Waals surface area contributed by atoms with Gasteiger partial charge in [0.15, 0.2) is 0 Å². The molecule has 2 aromatic heterocycles. The number of aromatic nitrogens is 3. The van der Waals surface area contributed by atoms with Crippen LogP contribution in [0, 0.1) is 0 Å². The van der Waals surface area contributed by atoms with Crippen molar-refractivity contribution >= 4 is 22.9 Å². The normalized spacial score (nSPS) is 15.6. The van der Waals surface area contributed by atoms with Gasteiger partial charge in [-0.15, -0.1) is 0 Å². The second-order valence-electron chi connectivity index (χ2n) is 7.21. The lowest BCUT2D eigenvalue weighted by Crippen LogP contribution is -2.37. The van der Waals surface area contributed by atoms with Gasteiger partial charge in [-0.05, 0) is 43.2 Å². The third kappa shape index (κ3) is 3.84. The smallest absolute Gasteiger partial charge is 0.251 e. The van der Waals surface area contributed by atoms with E-state index in [-0.39, 0.29) is 11.9 Å². The van der Waals surface area contributed by atoms with Crippen molar-refractivity contribution in [1.82, 2.24) is 19.9 Å². The highest BCUT2D eigenvalue weighted by molar-refractivity contribution is 5.97. The summed E-state index contributed by atoms with van der Waals surface area (Å²) in [4.78, 5) is 23.8. The number of morpholine rings is 1. The molecule has 1 N–H and O–H groups in total. The number of imidazole rings is 1. The van der Waals surface area contributed by atoms with Crippen LogP contribution in [0.15, 0.2) is 42.7 Å². The van der Waals surface area contributed by atoms with Crippen LogP contribution in [-0.4, -0.2) is 52.8 Å². The van der Waals surface area contributed by atoms with E-state index in [4.69, 9.17) is 9.72 Å². The zero-order valence-corrected chi connectivity index (χ0v) is 16.3. The number of nitrogens with zero attached hydrogens (tertiary/aromatic N) is 4. The molecule has 1 aromatic carbocycles. The molecule has 3 aromatic rings. The van der Waals surface area contributed by atoms with Gasteiger partial charge < -0.3 is 19.5 Å². The van der Waals surface area contributed by atoms with Gasteiger partial charge in [-0.1, -0.05) is 6.07 Å². The number of aryl methyl sites for hydroxylation is 1. The second-order valence-corrected chi connectivity index (χ2v) is 7.21. The average molecular weight is 379 g/mol. The number of benzene rings is 1. The average Bonchev–Trinajstić information content (AvgIpc) is 3.05. The predicted molar refractivity (Wildman–Crippen MR) is 109 cm³/mol. The van der Waals surface area contributed by atoms with Gasteiger partial charge in [0, 0.05) is 44.1 Å². The minimum absolute atomic E-state index is 0.0139. The molecule has 1 aliphatic heterocycles. The lowest BCUT2D eigenvalue weighted by Gasteiger charge is -2.27. The number of carbonyl (C=O) groups excluding carboxylic acids is 1. The second kappa shape index (κ2) is 7.98. The van der Waals surface area contributed by atoms with Crippen LogP contribution >= 0.6 is 0 Å². The molecule has 4 rings (SSSR count). The summed E-state index contributed by atoms with van der Waals surface area (Å²) < 4.78 is 7.51. The molecule has 146 valence electrons. The predicted octanol–water partition coefficient (Wildman–Crippen LogP) is 2.17. The van der Waals surface area contributed by atoms with E-state index in [1.165, 1.54) is 0 Å². The first-order valence-corrected chi connectivity index (χ1v) is 9.61. The van der Waals surface area contributed by atoms with Gasteiger partial charge in [0.25, 0.3) is 5.91 Å². The summed E-state index contributed by atoms with van der Waals surface area (Å²) in [7, 11) is 2.01. The summed E-state index contributed by atoms with van der Waals surface area (Å²) in [5.41, 5.74) is 3.57. The number of fused-ring (bicyclic) bond motifs is 1. The first kappa shape index (κ1) is 18.4. The van der Waals surface area contributed by atoms with Crippen molar-refractivity contribution in [2.75, 3.05) is 31.2 Å². The van der Waals surface area contributed by atoms with Crippen molar-refractivity contribution in [3.8, 4) is 0 Å². The molecule has 1 fully saturated rings. The zero-order valence-electron chi connectivity index (χ0n) is 16.3. The van der Waals surface area contributed by atoms with E-state index in [0.29, 0.717) is 18.8 Å². The summed E-state index contributed by atoms with van der Waals surface area (Å²) in [6.07, 6.45) is 4.32. The fourth-order valence-electron chi connectivity index (χ4n) is 3.61. The van der Waals surface area contributed by atoms with E-state index in [2.05, 4.69) is 19.8 Å². The Morgan fingerprint density at radius 2 is 2.11 bits per heavy atom. The highest BCUT2D eigenvalue weighted by Gasteiger charge is 2.19. The largest absolute Gasteiger partial charge is 0.378 e. The summed E-state index contributed by atoms with van der Waals surface area (Å²) in [6, 6.07) is 9.63. The quantitative estimate of drug-likeness (QED) is 0.736. The summed E-state index contributed by atoms with van der Waals surface area (Å²) in [6.45, 7) is 5.09. The maximum absolute atomic E-state index is 12.7. The van der Waals surface area contributed by atoms with Crippen LogP contribution in [0.2, 0.25) is 0 Å². The Labute approximate surface area is 164 Å². The van der Waals surface area contributed by atoms with E-state index in [0.717, 1.165) is 42.1 Å². The van der Waals surface area contributed by atoms with E-state index < -0.39 is 0 Å². The Morgan fingerprint density at radius 3 is 2.86 bits per heavy atom. The van der Waals surface area contributed by atoms with Gasteiger partial charge in [0.05, 0.1) is 24.2 Å². The molecule has 1 amide bonds. The van der Waals surface area contributed by atoms with Crippen molar-refractivity contribution < 1.29 is 9.53 Å². The molecule has 3 heterocycles. The van der Waals surface area contributed by atoms with Gasteiger partial charge in [-0.2, -0.15) is 0 Å². The summed E-state index contributed by atoms with van der Waals surface area (Å²) >= 11 is 0. The molecule has 0 unspecified atom stereocenters. The summed E-state index contributed by atoms with van der Waals surface area (Å²) in [5, 5.41) is 3.07. The van der Waals surface area contributed by atoms with E-state index in [9.17, 15) is 4.79 Å². The number of amides is 1. The molecule has 0 aliphatic carbocycles. The fourth-order valence-corrected chi connectivity index (χ4v) is 3.61. The molecule has 7 heteroatoms. The Kier molecular flexibility index (Phi) is 5.25. The number of pyridine rings is 1. The maximum atomic E-state index is 12.7. The highest BCUT2D eigenvalue weighted by Crippen LogP contribution is 2.23. The van der Waals surface area contributed by atoms with Crippen molar-refractivity contribution in [3.05, 3.63) is 53.9 Å². The third-order valence-electron chi connectivity index (χ3n) is 5.06. The topological polar surface area (TPSA) is 72.3 Å². The summed E-state index contributed by atoms with van der Waals surface area (Å²) in [5.74, 6) is 0.831. The Hall–Kier alpha value is -2.93. The van der Waals surface area contributed by atoms with Crippen LogP contribution in [0.3, 0.4) is 0 Å². The van der Waals surface area contributed by atoms with E-state index >= 15 is 0 Å². The zero-order chi connectivity index (χ0) is 19.5. The minimum atomic E-state index is -0.0862. The van der Waals surface area contributed by atoms with Gasteiger partial charge in [0.2, 0.25) is 5.95 Å². The number of hydrogen-bond donors (Lipinski definition) is 1. The Bertz CT molecular complexity index is 964. The number of ether oxygens (including phenoxy) is 1. The lowest BCUT2D eigenvalue weighted by atomic mass is 10.1. The van der Waals surface area contributed by atoms with Crippen LogP contribution in [0.1, 0.15) is 22.8 Å². The molecular formula is C21H25N5O2. The molecule has 1 aliphatic rings. The molecule has 7 nitrogen and oxygen atoms in total. The van der Waals surface area contributed by atoms with Crippen LogP contribution in [0.25, 0.3) is 11.0 Å². The van der Waals surface area contributed by atoms with Crippen molar-refractivity contribution in [2.45, 2.75) is 19.4 Å². The van der Waals surface area contributed by atoms with Gasteiger partial charge in [0.1, 0.15) is 0 Å². The molecule has 0 spiro atoms. The van der Waals surface area contributed by atoms with Gasteiger partial charge in [-0.3, -0.25) is 9.78 Å². The number of anilines is 1. The molecular weight excluding hydrogens is 354 g/mol. The third-order valence-corrected chi connectivity index (χ3v) is 5.06. The van der Waals surface area contributed by atoms with Crippen molar-refractivity contribution in [2.24, 2.45) is 7.05 Å². The monoisotopic (exact) mass is 379 g/mol. The van der Waals surface area contributed by atoms with Crippen molar-refractivity contribution in [3.63, 3.8) is 0 Å². The van der Waals surface area contributed by atoms with Crippen LogP contribution in [0.4, 0.5) is 5.95 Å². The minimum Gasteiger partial charge on any atom is -0.378 e. The first-order valence-electron chi connectivity index (χ1n) is 9.61. The Balaban J connectivity index is 1.49. The maximum Gasteiger partial charge on any atom is 0.251 e. The van der Waals surface area contributed by atoms with Crippen molar-refractivity contribution in [1.29, 1.82) is 0 Å². The number of nitrogens with one attached hydrogen (secondary N) is 1. The van der Waals surface area contributed by atoms with Gasteiger partial charge >= 0.3 is 0 Å². The lowest BCUT2D eigenvalue weighted by molar-refractivity contribution is 0.0940. The molecule has 1 saturated heterocycles.